The Hall–Kier alpha value is -2.76. The van der Waals surface area contributed by atoms with Gasteiger partial charge in [0.25, 0.3) is 0 Å². The highest BCUT2D eigenvalue weighted by molar-refractivity contribution is 5.64. The summed E-state index contributed by atoms with van der Waals surface area (Å²) in [4.78, 5) is 0. The normalized spacial score (nSPS) is 11.1. The third kappa shape index (κ3) is 4.94. The van der Waals surface area contributed by atoms with Crippen molar-refractivity contribution in [2.24, 2.45) is 0 Å². The molecule has 2 aromatic rings. The Morgan fingerprint density at radius 2 is 0.871 bits per heavy atom. The Balaban J connectivity index is 2.79. The fraction of sp³-hybridized carbons (Fsp3) is 0.520. The van der Waals surface area contributed by atoms with Crippen molar-refractivity contribution in [3.8, 4) is 34.5 Å². The minimum atomic E-state index is -0.495. The average Bonchev–Trinajstić information content (AvgIpc) is 2.76. The van der Waals surface area contributed by atoms with Crippen molar-refractivity contribution >= 4 is 0 Å². The molecule has 0 radical (unpaired) electrons. The summed E-state index contributed by atoms with van der Waals surface area (Å²) < 4.78 is 35.1. The van der Waals surface area contributed by atoms with Crippen LogP contribution in [0, 0.1) is 0 Å². The van der Waals surface area contributed by atoms with E-state index < -0.39 is 5.41 Å². The highest BCUT2D eigenvalue weighted by Gasteiger charge is 2.35. The van der Waals surface area contributed by atoms with Gasteiger partial charge in [0.2, 0.25) is 11.5 Å². The summed E-state index contributed by atoms with van der Waals surface area (Å²) in [5.74, 6) is 3.83. The first kappa shape index (κ1) is 24.5. The molecule has 0 saturated carbocycles. The zero-order valence-electron chi connectivity index (χ0n) is 20.1. The highest BCUT2D eigenvalue weighted by Crippen LogP contribution is 2.51. The molecule has 2 rings (SSSR count). The third-order valence-corrected chi connectivity index (χ3v) is 5.09. The molecule has 0 aromatic heterocycles. The van der Waals surface area contributed by atoms with E-state index in [4.69, 9.17) is 28.4 Å². The fourth-order valence-electron chi connectivity index (χ4n) is 3.68. The van der Waals surface area contributed by atoms with E-state index in [2.05, 4.69) is 13.8 Å². The summed E-state index contributed by atoms with van der Waals surface area (Å²) in [6, 6.07) is 7.87. The summed E-state index contributed by atoms with van der Waals surface area (Å²) in [7, 11) is 3.26. The Kier molecular flexibility index (Phi) is 8.72. The van der Waals surface area contributed by atoms with E-state index in [1.54, 1.807) is 14.2 Å². The maximum Gasteiger partial charge on any atom is 0.203 e. The van der Waals surface area contributed by atoms with Crippen LogP contribution in [0.5, 0.6) is 34.5 Å². The molecule has 0 unspecified atom stereocenters. The van der Waals surface area contributed by atoms with Crippen LogP contribution in [0.15, 0.2) is 24.3 Å². The van der Waals surface area contributed by atoms with E-state index >= 15 is 0 Å². The molecule has 0 heterocycles. The molecule has 0 aliphatic carbocycles. The van der Waals surface area contributed by atoms with Crippen molar-refractivity contribution in [2.75, 3.05) is 40.6 Å². The molecule has 0 saturated heterocycles. The summed E-state index contributed by atoms with van der Waals surface area (Å²) >= 11 is 0. The van der Waals surface area contributed by atoms with Crippen molar-refractivity contribution in [3.63, 3.8) is 0 Å². The van der Waals surface area contributed by atoms with Crippen molar-refractivity contribution in [3.05, 3.63) is 35.4 Å². The van der Waals surface area contributed by atoms with Crippen LogP contribution in [0.2, 0.25) is 0 Å². The summed E-state index contributed by atoms with van der Waals surface area (Å²) in [6.07, 6.45) is 0. The Morgan fingerprint density at radius 1 is 0.548 bits per heavy atom. The van der Waals surface area contributed by atoms with Gasteiger partial charge in [0.1, 0.15) is 0 Å². The fourth-order valence-corrected chi connectivity index (χ4v) is 3.68. The van der Waals surface area contributed by atoms with Crippen LogP contribution in [-0.2, 0) is 5.41 Å². The van der Waals surface area contributed by atoms with Crippen LogP contribution in [0.25, 0.3) is 0 Å². The highest BCUT2D eigenvalue weighted by atomic mass is 16.5. The zero-order chi connectivity index (χ0) is 23.0. The van der Waals surface area contributed by atoms with Gasteiger partial charge >= 0.3 is 0 Å². The SMILES string of the molecule is CCOc1c(OC)ccc(C(C)(C)c2ccc(OC)c(OCC)c2OCC)c1OCC. The molecule has 0 aliphatic heterocycles. The topological polar surface area (TPSA) is 55.4 Å². The molecule has 0 spiro atoms. The van der Waals surface area contributed by atoms with Crippen LogP contribution < -0.4 is 28.4 Å². The molecule has 0 atom stereocenters. The van der Waals surface area contributed by atoms with Crippen molar-refractivity contribution in [1.82, 2.24) is 0 Å². The van der Waals surface area contributed by atoms with Crippen LogP contribution in [0.4, 0.5) is 0 Å². The number of hydrogen-bond donors (Lipinski definition) is 0. The van der Waals surface area contributed by atoms with E-state index in [-0.39, 0.29) is 0 Å². The first-order valence-electron chi connectivity index (χ1n) is 10.8. The molecule has 0 amide bonds. The van der Waals surface area contributed by atoms with E-state index in [1.165, 1.54) is 0 Å². The van der Waals surface area contributed by atoms with Gasteiger partial charge in [-0.15, -0.1) is 0 Å². The van der Waals surface area contributed by atoms with E-state index in [0.717, 1.165) is 11.1 Å². The molecule has 0 N–H and O–H groups in total. The van der Waals surface area contributed by atoms with E-state index in [9.17, 15) is 0 Å². The van der Waals surface area contributed by atoms with Gasteiger partial charge in [0, 0.05) is 16.5 Å². The number of rotatable bonds is 12. The standard InChI is InChI=1S/C25H36O6/c1-9-28-21-17(13-15-19(26-7)23(21)30-11-3)25(5,6)18-14-16-20(27-8)24(31-12-4)22(18)29-10-2/h13-16H,9-12H2,1-8H3. The zero-order valence-corrected chi connectivity index (χ0v) is 20.1. The molecule has 0 fully saturated rings. The number of methoxy groups -OCH3 is 2. The van der Waals surface area contributed by atoms with Crippen LogP contribution >= 0.6 is 0 Å². The van der Waals surface area contributed by atoms with Gasteiger partial charge in [-0.3, -0.25) is 0 Å². The maximum atomic E-state index is 6.09. The molecule has 6 nitrogen and oxygen atoms in total. The molecular weight excluding hydrogens is 396 g/mol. The molecule has 6 heteroatoms. The quantitative estimate of drug-likeness (QED) is 0.434. The van der Waals surface area contributed by atoms with Gasteiger partial charge < -0.3 is 28.4 Å². The largest absolute Gasteiger partial charge is 0.493 e. The van der Waals surface area contributed by atoms with Crippen LogP contribution in [-0.4, -0.2) is 40.6 Å². The molecule has 0 bridgehead atoms. The van der Waals surface area contributed by atoms with Gasteiger partial charge in [-0.2, -0.15) is 0 Å². The second-order valence-corrected chi connectivity index (χ2v) is 7.30. The molecular formula is C25H36O6. The minimum Gasteiger partial charge on any atom is -0.493 e. The van der Waals surface area contributed by atoms with Gasteiger partial charge in [-0.05, 0) is 39.8 Å². The Bertz CT molecular complexity index is 790. The summed E-state index contributed by atoms with van der Waals surface area (Å²) in [5, 5.41) is 0. The minimum absolute atomic E-state index is 0.495. The smallest absolute Gasteiger partial charge is 0.203 e. The van der Waals surface area contributed by atoms with Crippen LogP contribution in [0.1, 0.15) is 52.7 Å². The average molecular weight is 433 g/mol. The number of ether oxygens (including phenoxy) is 6. The predicted octanol–water partition coefficient (Wildman–Crippen LogP) is 5.62. The van der Waals surface area contributed by atoms with Gasteiger partial charge in [-0.25, -0.2) is 0 Å². The van der Waals surface area contributed by atoms with Gasteiger partial charge in [0.15, 0.2) is 23.0 Å². The monoisotopic (exact) mass is 432 g/mol. The first-order chi connectivity index (χ1) is 14.9. The van der Waals surface area contributed by atoms with Crippen molar-refractivity contribution in [1.29, 1.82) is 0 Å². The predicted molar refractivity (Wildman–Crippen MR) is 123 cm³/mol. The van der Waals surface area contributed by atoms with Crippen molar-refractivity contribution in [2.45, 2.75) is 47.0 Å². The number of benzene rings is 2. The lowest BCUT2D eigenvalue weighted by atomic mass is 9.76. The van der Waals surface area contributed by atoms with E-state index in [0.29, 0.717) is 60.9 Å². The second-order valence-electron chi connectivity index (χ2n) is 7.30. The van der Waals surface area contributed by atoms with E-state index in [1.807, 2.05) is 52.0 Å². The van der Waals surface area contributed by atoms with Crippen LogP contribution in [0.3, 0.4) is 0 Å². The molecule has 0 aliphatic rings. The molecule has 172 valence electrons. The molecule has 31 heavy (non-hydrogen) atoms. The third-order valence-electron chi connectivity index (χ3n) is 5.09. The lowest BCUT2D eigenvalue weighted by Crippen LogP contribution is -2.22. The van der Waals surface area contributed by atoms with Crippen molar-refractivity contribution < 1.29 is 28.4 Å². The lowest BCUT2D eigenvalue weighted by molar-refractivity contribution is 0.262. The summed E-state index contributed by atoms with van der Waals surface area (Å²) in [5.41, 5.74) is 1.44. The Morgan fingerprint density at radius 3 is 1.16 bits per heavy atom. The van der Waals surface area contributed by atoms with Gasteiger partial charge in [0.05, 0.1) is 40.6 Å². The van der Waals surface area contributed by atoms with Gasteiger partial charge in [-0.1, -0.05) is 26.0 Å². The Labute approximate surface area is 186 Å². The maximum absolute atomic E-state index is 6.09. The number of hydrogen-bond acceptors (Lipinski definition) is 6. The molecule has 2 aromatic carbocycles. The first-order valence-corrected chi connectivity index (χ1v) is 10.8. The second kappa shape index (κ2) is 11.0. The lowest BCUT2D eigenvalue weighted by Gasteiger charge is -2.32. The summed E-state index contributed by atoms with van der Waals surface area (Å²) in [6.45, 7) is 14.1.